The van der Waals surface area contributed by atoms with Crippen LogP contribution in [0.4, 0.5) is 0 Å². The highest BCUT2D eigenvalue weighted by atomic mass is 15.2. The summed E-state index contributed by atoms with van der Waals surface area (Å²) in [5.41, 5.74) is 1.92. The molecule has 1 saturated carbocycles. The lowest BCUT2D eigenvalue weighted by atomic mass is 9.66. The van der Waals surface area contributed by atoms with Gasteiger partial charge in [-0.2, -0.15) is 10.4 Å². The van der Waals surface area contributed by atoms with Crippen molar-refractivity contribution in [3.63, 3.8) is 0 Å². The van der Waals surface area contributed by atoms with Crippen molar-refractivity contribution in [3.8, 4) is 6.07 Å². The summed E-state index contributed by atoms with van der Waals surface area (Å²) in [6.45, 7) is 1.98. The molecule has 1 aliphatic rings. The van der Waals surface area contributed by atoms with Crippen molar-refractivity contribution in [3.05, 3.63) is 17.5 Å². The molecule has 0 N–H and O–H groups in total. The summed E-state index contributed by atoms with van der Waals surface area (Å²) in [7, 11) is 1.90. The largest absolute Gasteiger partial charge is 0.275 e. The van der Waals surface area contributed by atoms with Gasteiger partial charge in [-0.25, -0.2) is 0 Å². The minimum atomic E-state index is -0.210. The van der Waals surface area contributed by atoms with E-state index in [0.29, 0.717) is 0 Å². The minimum absolute atomic E-state index is 0.210. The molecule has 3 heteroatoms. The lowest BCUT2D eigenvalue weighted by Gasteiger charge is -2.34. The zero-order valence-electron chi connectivity index (χ0n) is 8.04. The fraction of sp³-hybridized carbons (Fsp3) is 0.600. The van der Waals surface area contributed by atoms with E-state index in [0.717, 1.165) is 24.1 Å². The molecule has 1 aromatic rings. The maximum absolute atomic E-state index is 9.14. The number of hydrogen-bond acceptors (Lipinski definition) is 2. The van der Waals surface area contributed by atoms with Crippen LogP contribution in [0.25, 0.3) is 0 Å². The minimum Gasteiger partial charge on any atom is -0.275 e. The third-order valence-corrected chi connectivity index (χ3v) is 2.95. The molecule has 1 fully saturated rings. The van der Waals surface area contributed by atoms with E-state index in [2.05, 4.69) is 11.2 Å². The maximum Gasteiger partial charge on any atom is 0.0855 e. The van der Waals surface area contributed by atoms with Crippen LogP contribution in [0.1, 0.15) is 30.5 Å². The first-order chi connectivity index (χ1) is 6.18. The Kier molecular flexibility index (Phi) is 1.66. The Hall–Kier alpha value is -1.30. The van der Waals surface area contributed by atoms with Crippen LogP contribution in [0.15, 0.2) is 6.20 Å². The van der Waals surface area contributed by atoms with Crippen molar-refractivity contribution in [1.29, 1.82) is 5.26 Å². The molecule has 0 unspecified atom stereocenters. The van der Waals surface area contributed by atoms with Crippen molar-refractivity contribution >= 4 is 0 Å². The van der Waals surface area contributed by atoms with Crippen LogP contribution in [0.2, 0.25) is 0 Å². The fourth-order valence-electron chi connectivity index (χ4n) is 2.04. The molecule has 2 rings (SSSR count). The molecule has 0 saturated heterocycles. The Labute approximate surface area is 78.0 Å². The fourth-order valence-corrected chi connectivity index (χ4v) is 2.04. The third kappa shape index (κ3) is 1.06. The van der Waals surface area contributed by atoms with E-state index in [1.165, 1.54) is 6.42 Å². The third-order valence-electron chi connectivity index (χ3n) is 2.95. The van der Waals surface area contributed by atoms with E-state index in [1.54, 1.807) is 4.68 Å². The number of aromatic nitrogens is 2. The van der Waals surface area contributed by atoms with E-state index >= 15 is 0 Å². The molecule has 1 heterocycles. The van der Waals surface area contributed by atoms with Gasteiger partial charge in [0.15, 0.2) is 0 Å². The Morgan fingerprint density at radius 1 is 1.62 bits per heavy atom. The van der Waals surface area contributed by atoms with Crippen LogP contribution < -0.4 is 0 Å². The summed E-state index contributed by atoms with van der Waals surface area (Å²) >= 11 is 0. The highest BCUT2D eigenvalue weighted by Crippen LogP contribution is 2.43. The summed E-state index contributed by atoms with van der Waals surface area (Å²) in [5.74, 6) is 0. The van der Waals surface area contributed by atoms with Gasteiger partial charge < -0.3 is 0 Å². The van der Waals surface area contributed by atoms with Gasteiger partial charge >= 0.3 is 0 Å². The first-order valence-corrected chi connectivity index (χ1v) is 4.60. The normalized spacial score (nSPS) is 19.2. The molecule has 0 atom stereocenters. The van der Waals surface area contributed by atoms with Gasteiger partial charge in [0.05, 0.1) is 17.2 Å². The van der Waals surface area contributed by atoms with Gasteiger partial charge in [0.2, 0.25) is 0 Å². The van der Waals surface area contributed by atoms with E-state index < -0.39 is 0 Å². The van der Waals surface area contributed by atoms with Crippen LogP contribution in [-0.2, 0) is 12.5 Å². The van der Waals surface area contributed by atoms with E-state index in [1.807, 2.05) is 20.2 Å². The number of nitriles is 1. The molecule has 0 aromatic carbocycles. The summed E-state index contributed by atoms with van der Waals surface area (Å²) in [6, 6.07) is 2.43. The first kappa shape index (κ1) is 8.31. The molecule has 1 aromatic heterocycles. The molecular weight excluding hydrogens is 162 g/mol. The Morgan fingerprint density at radius 3 is 2.62 bits per heavy atom. The lowest BCUT2D eigenvalue weighted by molar-refractivity contribution is 0.322. The van der Waals surface area contributed by atoms with E-state index in [9.17, 15) is 0 Å². The van der Waals surface area contributed by atoms with Crippen molar-refractivity contribution in [1.82, 2.24) is 9.78 Å². The second kappa shape index (κ2) is 2.59. The zero-order chi connectivity index (χ0) is 9.47. The van der Waals surface area contributed by atoms with Gasteiger partial charge in [0, 0.05) is 18.8 Å². The van der Waals surface area contributed by atoms with Crippen LogP contribution in [-0.4, -0.2) is 9.78 Å². The van der Waals surface area contributed by atoms with Gasteiger partial charge in [-0.3, -0.25) is 4.68 Å². The molecule has 68 valence electrons. The maximum atomic E-state index is 9.14. The summed E-state index contributed by atoms with van der Waals surface area (Å²) < 4.78 is 1.79. The molecular formula is C10H13N3. The molecule has 0 aliphatic heterocycles. The van der Waals surface area contributed by atoms with Gasteiger partial charge in [-0.1, -0.05) is 0 Å². The highest BCUT2D eigenvalue weighted by Gasteiger charge is 2.41. The Bertz CT molecular complexity index is 366. The molecule has 13 heavy (non-hydrogen) atoms. The quantitative estimate of drug-likeness (QED) is 0.651. The number of aryl methyl sites for hydroxylation is 2. The van der Waals surface area contributed by atoms with Crippen LogP contribution in [0.5, 0.6) is 0 Å². The zero-order valence-corrected chi connectivity index (χ0v) is 8.04. The average molecular weight is 175 g/mol. The van der Waals surface area contributed by atoms with E-state index in [-0.39, 0.29) is 5.41 Å². The summed E-state index contributed by atoms with van der Waals surface area (Å²) in [5, 5.41) is 13.4. The highest BCUT2D eigenvalue weighted by molar-refractivity contribution is 5.36. The Morgan fingerprint density at radius 2 is 2.31 bits per heavy atom. The Balaban J connectivity index is 2.45. The SMILES string of the molecule is Cc1nn(C)cc1C1(C#N)CCC1. The van der Waals surface area contributed by atoms with Crippen molar-refractivity contribution in [2.24, 2.45) is 7.05 Å². The average Bonchev–Trinajstić information content (AvgIpc) is 2.30. The molecule has 1 aliphatic carbocycles. The van der Waals surface area contributed by atoms with Crippen molar-refractivity contribution in [2.75, 3.05) is 0 Å². The predicted octanol–water partition coefficient (Wildman–Crippen LogP) is 1.67. The van der Waals surface area contributed by atoms with Crippen LogP contribution in [0, 0.1) is 18.3 Å². The van der Waals surface area contributed by atoms with E-state index in [4.69, 9.17) is 5.26 Å². The smallest absolute Gasteiger partial charge is 0.0855 e. The molecule has 0 radical (unpaired) electrons. The monoisotopic (exact) mass is 175 g/mol. The topological polar surface area (TPSA) is 41.6 Å². The predicted molar refractivity (Wildman–Crippen MR) is 49.1 cm³/mol. The molecule has 0 spiro atoms. The summed E-state index contributed by atoms with van der Waals surface area (Å²) in [4.78, 5) is 0. The number of nitrogens with zero attached hydrogens (tertiary/aromatic N) is 3. The molecule has 3 nitrogen and oxygen atoms in total. The van der Waals surface area contributed by atoms with Gasteiger partial charge in [-0.15, -0.1) is 0 Å². The van der Waals surface area contributed by atoms with Crippen LogP contribution in [0.3, 0.4) is 0 Å². The first-order valence-electron chi connectivity index (χ1n) is 4.60. The van der Waals surface area contributed by atoms with Gasteiger partial charge in [0.25, 0.3) is 0 Å². The number of hydrogen-bond donors (Lipinski definition) is 0. The molecule has 0 amide bonds. The van der Waals surface area contributed by atoms with Gasteiger partial charge in [0.1, 0.15) is 0 Å². The van der Waals surface area contributed by atoms with Gasteiger partial charge in [-0.05, 0) is 26.2 Å². The van der Waals surface area contributed by atoms with Crippen molar-refractivity contribution in [2.45, 2.75) is 31.6 Å². The second-order valence-corrected chi connectivity index (χ2v) is 3.85. The van der Waals surface area contributed by atoms with Crippen molar-refractivity contribution < 1.29 is 0 Å². The summed E-state index contributed by atoms with van der Waals surface area (Å²) in [6.07, 6.45) is 5.14. The molecule has 0 bridgehead atoms. The van der Waals surface area contributed by atoms with Crippen LogP contribution >= 0.6 is 0 Å². The lowest BCUT2D eigenvalue weighted by Crippen LogP contribution is -2.32. The number of rotatable bonds is 1. The second-order valence-electron chi connectivity index (χ2n) is 3.85. The standard InChI is InChI=1S/C10H13N3/c1-8-9(6-13(2)12-8)10(7-11)4-3-5-10/h6H,3-5H2,1-2H3.